The zero-order chi connectivity index (χ0) is 17.7. The Balaban J connectivity index is 2.24. The zero-order valence-corrected chi connectivity index (χ0v) is 15.3. The van der Waals surface area contributed by atoms with Crippen molar-refractivity contribution in [2.75, 3.05) is 0 Å². The van der Waals surface area contributed by atoms with Gasteiger partial charge < -0.3 is 4.74 Å². The number of benzene rings is 2. The standard InChI is InChI=1S/C22H28O2/c1-15(2)19-13-9-10-14-20(19)22(23)24-21(16(3)4)17(5)18-11-7-6-8-12-18/h6-17,21H,1-5H3. The molecule has 2 rings (SSSR count). The van der Waals surface area contributed by atoms with Gasteiger partial charge in [-0.05, 0) is 29.0 Å². The normalized spacial score (nSPS) is 13.8. The first-order valence-electron chi connectivity index (χ1n) is 8.76. The van der Waals surface area contributed by atoms with Gasteiger partial charge in [-0.3, -0.25) is 0 Å². The fourth-order valence-electron chi connectivity index (χ4n) is 3.14. The van der Waals surface area contributed by atoms with Crippen molar-refractivity contribution in [3.05, 3.63) is 71.3 Å². The monoisotopic (exact) mass is 324 g/mol. The van der Waals surface area contributed by atoms with Crippen molar-refractivity contribution in [3.63, 3.8) is 0 Å². The summed E-state index contributed by atoms with van der Waals surface area (Å²) in [5.41, 5.74) is 2.91. The first kappa shape index (κ1) is 18.3. The summed E-state index contributed by atoms with van der Waals surface area (Å²) in [6.45, 7) is 10.5. The molecule has 0 aliphatic heterocycles. The summed E-state index contributed by atoms with van der Waals surface area (Å²) in [6, 6.07) is 18.0. The highest BCUT2D eigenvalue weighted by Crippen LogP contribution is 2.28. The van der Waals surface area contributed by atoms with Crippen LogP contribution in [-0.4, -0.2) is 12.1 Å². The molecule has 0 amide bonds. The predicted octanol–water partition coefficient (Wildman–Crippen LogP) is 5.80. The van der Waals surface area contributed by atoms with Crippen LogP contribution in [0.25, 0.3) is 0 Å². The number of ether oxygens (including phenoxy) is 1. The average molecular weight is 324 g/mol. The van der Waals surface area contributed by atoms with Crippen molar-refractivity contribution in [2.45, 2.75) is 52.6 Å². The smallest absolute Gasteiger partial charge is 0.338 e. The Bertz CT molecular complexity index is 659. The molecule has 2 heteroatoms. The van der Waals surface area contributed by atoms with Gasteiger partial charge in [-0.15, -0.1) is 0 Å². The molecule has 2 nitrogen and oxygen atoms in total. The van der Waals surface area contributed by atoms with E-state index >= 15 is 0 Å². The molecule has 2 unspecified atom stereocenters. The molecule has 24 heavy (non-hydrogen) atoms. The van der Waals surface area contributed by atoms with E-state index in [9.17, 15) is 4.79 Å². The summed E-state index contributed by atoms with van der Waals surface area (Å²) < 4.78 is 5.97. The van der Waals surface area contributed by atoms with Crippen LogP contribution in [0.5, 0.6) is 0 Å². The summed E-state index contributed by atoms with van der Waals surface area (Å²) in [4.78, 5) is 12.8. The molecule has 0 aliphatic carbocycles. The molecule has 0 bridgehead atoms. The lowest BCUT2D eigenvalue weighted by Crippen LogP contribution is -2.29. The first-order chi connectivity index (χ1) is 11.4. The van der Waals surface area contributed by atoms with Crippen LogP contribution in [0.3, 0.4) is 0 Å². The summed E-state index contributed by atoms with van der Waals surface area (Å²) in [7, 11) is 0. The van der Waals surface area contributed by atoms with Crippen molar-refractivity contribution >= 4 is 5.97 Å². The number of esters is 1. The third kappa shape index (κ3) is 4.25. The van der Waals surface area contributed by atoms with Crippen LogP contribution in [-0.2, 0) is 4.74 Å². The number of hydrogen-bond donors (Lipinski definition) is 0. The van der Waals surface area contributed by atoms with Gasteiger partial charge in [-0.25, -0.2) is 4.79 Å². The Morgan fingerprint density at radius 3 is 2.00 bits per heavy atom. The second-order valence-electron chi connectivity index (χ2n) is 7.06. The summed E-state index contributed by atoms with van der Waals surface area (Å²) in [6.07, 6.45) is -0.153. The molecule has 0 fully saturated rings. The van der Waals surface area contributed by atoms with Gasteiger partial charge in [0.2, 0.25) is 0 Å². The van der Waals surface area contributed by atoms with Gasteiger partial charge in [-0.1, -0.05) is 83.1 Å². The van der Waals surface area contributed by atoms with Crippen molar-refractivity contribution < 1.29 is 9.53 Å². The number of carbonyl (C=O) groups excluding carboxylic acids is 1. The minimum absolute atomic E-state index is 0.153. The molecule has 0 N–H and O–H groups in total. The summed E-state index contributed by atoms with van der Waals surface area (Å²) in [5.74, 6) is 0.468. The molecule has 2 aromatic rings. The quantitative estimate of drug-likeness (QED) is 0.628. The zero-order valence-electron chi connectivity index (χ0n) is 15.3. The Morgan fingerprint density at radius 2 is 1.42 bits per heavy atom. The molecule has 0 radical (unpaired) electrons. The van der Waals surface area contributed by atoms with E-state index in [1.165, 1.54) is 5.56 Å². The van der Waals surface area contributed by atoms with Crippen LogP contribution in [0.15, 0.2) is 54.6 Å². The van der Waals surface area contributed by atoms with Crippen LogP contribution in [0.4, 0.5) is 0 Å². The molecule has 2 aromatic carbocycles. The fourth-order valence-corrected chi connectivity index (χ4v) is 3.14. The SMILES string of the molecule is CC(C)c1ccccc1C(=O)OC(C(C)C)C(C)c1ccccc1. The van der Waals surface area contributed by atoms with Gasteiger partial charge in [-0.2, -0.15) is 0 Å². The van der Waals surface area contributed by atoms with Gasteiger partial charge in [0.05, 0.1) is 5.56 Å². The van der Waals surface area contributed by atoms with Crippen molar-refractivity contribution in [2.24, 2.45) is 5.92 Å². The Morgan fingerprint density at radius 1 is 0.833 bits per heavy atom. The molecule has 0 spiro atoms. The third-order valence-corrected chi connectivity index (χ3v) is 4.52. The van der Waals surface area contributed by atoms with Gasteiger partial charge in [0.25, 0.3) is 0 Å². The van der Waals surface area contributed by atoms with E-state index in [0.29, 0.717) is 5.56 Å². The highest BCUT2D eigenvalue weighted by Gasteiger charge is 2.27. The van der Waals surface area contributed by atoms with E-state index in [4.69, 9.17) is 4.74 Å². The third-order valence-electron chi connectivity index (χ3n) is 4.52. The van der Waals surface area contributed by atoms with Crippen LogP contribution in [0.1, 0.15) is 67.9 Å². The Labute approximate surface area is 145 Å². The highest BCUT2D eigenvalue weighted by molar-refractivity contribution is 5.91. The second-order valence-corrected chi connectivity index (χ2v) is 7.06. The Kier molecular flexibility index (Phi) is 6.19. The molecule has 0 aromatic heterocycles. The van der Waals surface area contributed by atoms with Crippen molar-refractivity contribution in [1.29, 1.82) is 0 Å². The summed E-state index contributed by atoms with van der Waals surface area (Å²) in [5, 5.41) is 0. The molecule has 128 valence electrons. The maximum Gasteiger partial charge on any atom is 0.338 e. The molecule has 0 saturated carbocycles. The van der Waals surface area contributed by atoms with Gasteiger partial charge in [0.1, 0.15) is 6.10 Å². The van der Waals surface area contributed by atoms with Crippen LogP contribution < -0.4 is 0 Å². The lowest BCUT2D eigenvalue weighted by atomic mass is 9.88. The second kappa shape index (κ2) is 8.14. The van der Waals surface area contributed by atoms with Crippen molar-refractivity contribution in [1.82, 2.24) is 0 Å². The van der Waals surface area contributed by atoms with E-state index in [2.05, 4.69) is 46.8 Å². The van der Waals surface area contributed by atoms with Crippen LogP contribution >= 0.6 is 0 Å². The topological polar surface area (TPSA) is 26.3 Å². The lowest BCUT2D eigenvalue weighted by molar-refractivity contribution is 0.0111. The predicted molar refractivity (Wildman–Crippen MR) is 99.4 cm³/mol. The minimum atomic E-state index is -0.221. The molecular formula is C22H28O2. The maximum atomic E-state index is 12.8. The van der Waals surface area contributed by atoms with Crippen LogP contribution in [0, 0.1) is 5.92 Å². The fraction of sp³-hybridized carbons (Fsp3) is 0.409. The summed E-state index contributed by atoms with van der Waals surface area (Å²) >= 11 is 0. The van der Waals surface area contributed by atoms with E-state index in [1.54, 1.807) is 0 Å². The molecule has 0 aliphatic rings. The molecular weight excluding hydrogens is 296 g/mol. The van der Waals surface area contributed by atoms with Crippen LogP contribution in [0.2, 0.25) is 0 Å². The van der Waals surface area contributed by atoms with Gasteiger partial charge >= 0.3 is 5.97 Å². The molecule has 2 atom stereocenters. The van der Waals surface area contributed by atoms with Crippen molar-refractivity contribution in [3.8, 4) is 0 Å². The number of rotatable bonds is 6. The lowest BCUT2D eigenvalue weighted by Gasteiger charge is -2.28. The highest BCUT2D eigenvalue weighted by atomic mass is 16.5. The van der Waals surface area contributed by atoms with E-state index < -0.39 is 0 Å². The van der Waals surface area contributed by atoms with E-state index in [1.807, 2.05) is 42.5 Å². The largest absolute Gasteiger partial charge is 0.458 e. The number of hydrogen-bond acceptors (Lipinski definition) is 2. The van der Waals surface area contributed by atoms with E-state index in [-0.39, 0.29) is 29.8 Å². The van der Waals surface area contributed by atoms with Gasteiger partial charge in [0, 0.05) is 5.92 Å². The molecule has 0 saturated heterocycles. The van der Waals surface area contributed by atoms with Gasteiger partial charge in [0.15, 0.2) is 0 Å². The number of carbonyl (C=O) groups is 1. The Hall–Kier alpha value is -2.09. The molecule has 0 heterocycles. The maximum absolute atomic E-state index is 12.8. The first-order valence-corrected chi connectivity index (χ1v) is 8.76. The van der Waals surface area contributed by atoms with E-state index in [0.717, 1.165) is 5.56 Å². The average Bonchev–Trinajstić information content (AvgIpc) is 2.59. The minimum Gasteiger partial charge on any atom is -0.458 e.